The molecule has 0 radical (unpaired) electrons. The highest BCUT2D eigenvalue weighted by molar-refractivity contribution is 7.92. The summed E-state index contributed by atoms with van der Waals surface area (Å²) in [4.78, 5) is 4.01. The SMILES string of the molecule is CCc1nn(C)cc1CNc1ccc(S(=O)(=O)Nc2ccc(F)c(F)c2)cn1. The maximum absolute atomic E-state index is 13.3. The maximum Gasteiger partial charge on any atom is 0.263 e. The molecule has 0 aliphatic heterocycles. The van der Waals surface area contributed by atoms with Crippen molar-refractivity contribution in [2.45, 2.75) is 24.8 Å². The van der Waals surface area contributed by atoms with Crippen molar-refractivity contribution >= 4 is 21.5 Å². The van der Waals surface area contributed by atoms with Crippen LogP contribution in [-0.4, -0.2) is 23.2 Å². The molecule has 1 aromatic carbocycles. The van der Waals surface area contributed by atoms with Crippen LogP contribution in [0.25, 0.3) is 0 Å². The van der Waals surface area contributed by atoms with Crippen LogP contribution in [0.1, 0.15) is 18.2 Å². The number of nitrogens with zero attached hydrogens (tertiary/aromatic N) is 3. The summed E-state index contributed by atoms with van der Waals surface area (Å²) in [5.41, 5.74) is 1.93. The van der Waals surface area contributed by atoms with Crippen molar-refractivity contribution in [3.05, 3.63) is 65.6 Å². The molecule has 0 atom stereocenters. The van der Waals surface area contributed by atoms with Crippen LogP contribution in [0.4, 0.5) is 20.3 Å². The van der Waals surface area contributed by atoms with Gasteiger partial charge >= 0.3 is 0 Å². The highest BCUT2D eigenvalue weighted by atomic mass is 32.2. The number of aromatic nitrogens is 3. The fraction of sp³-hybridized carbons (Fsp3) is 0.222. The molecule has 2 aromatic heterocycles. The number of hydrogen-bond donors (Lipinski definition) is 2. The highest BCUT2D eigenvalue weighted by Gasteiger charge is 2.16. The quantitative estimate of drug-likeness (QED) is 0.628. The predicted molar refractivity (Wildman–Crippen MR) is 101 cm³/mol. The van der Waals surface area contributed by atoms with E-state index in [1.165, 1.54) is 18.3 Å². The van der Waals surface area contributed by atoms with Gasteiger partial charge in [-0.25, -0.2) is 22.2 Å². The zero-order valence-electron chi connectivity index (χ0n) is 15.3. The summed E-state index contributed by atoms with van der Waals surface area (Å²) in [6.45, 7) is 2.52. The van der Waals surface area contributed by atoms with E-state index in [-0.39, 0.29) is 10.6 Å². The molecule has 0 saturated heterocycles. The molecule has 0 spiro atoms. The molecule has 0 bridgehead atoms. The van der Waals surface area contributed by atoms with Crippen molar-refractivity contribution < 1.29 is 17.2 Å². The van der Waals surface area contributed by atoms with Gasteiger partial charge in [-0.1, -0.05) is 6.92 Å². The molecule has 148 valence electrons. The average Bonchev–Trinajstić information content (AvgIpc) is 3.03. The van der Waals surface area contributed by atoms with E-state index in [0.717, 1.165) is 35.9 Å². The van der Waals surface area contributed by atoms with E-state index in [9.17, 15) is 17.2 Å². The third-order valence-corrected chi connectivity index (χ3v) is 5.37. The normalized spacial score (nSPS) is 11.4. The third kappa shape index (κ3) is 4.45. The van der Waals surface area contributed by atoms with Crippen molar-refractivity contribution in [2.24, 2.45) is 7.05 Å². The molecule has 28 heavy (non-hydrogen) atoms. The van der Waals surface area contributed by atoms with Crippen LogP contribution in [0.3, 0.4) is 0 Å². The van der Waals surface area contributed by atoms with Crippen molar-refractivity contribution in [3.8, 4) is 0 Å². The van der Waals surface area contributed by atoms with Crippen molar-refractivity contribution in [2.75, 3.05) is 10.0 Å². The van der Waals surface area contributed by atoms with Crippen LogP contribution in [-0.2, 0) is 30.0 Å². The Balaban J connectivity index is 1.69. The Kier molecular flexibility index (Phi) is 5.59. The van der Waals surface area contributed by atoms with Crippen molar-refractivity contribution in [1.29, 1.82) is 0 Å². The standard InChI is InChI=1S/C18H19F2N5O2S/c1-3-17-12(11-25(2)23-17)9-21-18-7-5-14(10-22-18)28(26,27)24-13-4-6-15(19)16(20)8-13/h4-8,10-11,24H,3,9H2,1-2H3,(H,21,22). The molecule has 2 N–H and O–H groups in total. The highest BCUT2D eigenvalue weighted by Crippen LogP contribution is 2.19. The lowest BCUT2D eigenvalue weighted by Crippen LogP contribution is -2.14. The van der Waals surface area contributed by atoms with E-state index in [2.05, 4.69) is 20.1 Å². The van der Waals surface area contributed by atoms with E-state index >= 15 is 0 Å². The molecule has 0 unspecified atom stereocenters. The predicted octanol–water partition coefficient (Wildman–Crippen LogP) is 3.07. The summed E-state index contributed by atoms with van der Waals surface area (Å²) in [6.07, 6.45) is 3.91. The first-order chi connectivity index (χ1) is 13.3. The minimum atomic E-state index is -3.98. The van der Waals surface area contributed by atoms with Gasteiger partial charge in [0.25, 0.3) is 10.0 Å². The summed E-state index contributed by atoms with van der Waals surface area (Å²) < 4.78 is 54.9. The van der Waals surface area contributed by atoms with Gasteiger partial charge in [0.2, 0.25) is 0 Å². The van der Waals surface area contributed by atoms with Crippen molar-refractivity contribution in [1.82, 2.24) is 14.8 Å². The van der Waals surface area contributed by atoms with Gasteiger partial charge in [-0.2, -0.15) is 5.10 Å². The third-order valence-electron chi connectivity index (χ3n) is 4.01. The molecule has 0 saturated carbocycles. The Morgan fingerprint density at radius 3 is 2.57 bits per heavy atom. The second-order valence-electron chi connectivity index (χ2n) is 6.10. The molecular formula is C18H19F2N5O2S. The largest absolute Gasteiger partial charge is 0.366 e. The van der Waals surface area contributed by atoms with Crippen LogP contribution in [0.5, 0.6) is 0 Å². The zero-order valence-corrected chi connectivity index (χ0v) is 16.1. The fourth-order valence-corrected chi connectivity index (χ4v) is 3.63. The number of aryl methyl sites for hydroxylation is 2. The summed E-state index contributed by atoms with van der Waals surface area (Å²) in [7, 11) is -2.13. The minimum Gasteiger partial charge on any atom is -0.366 e. The van der Waals surface area contributed by atoms with E-state index in [0.29, 0.717) is 12.4 Å². The second kappa shape index (κ2) is 7.93. The monoisotopic (exact) mass is 407 g/mol. The van der Waals surface area contributed by atoms with E-state index < -0.39 is 21.7 Å². The number of anilines is 2. The molecule has 3 aromatic rings. The van der Waals surface area contributed by atoms with Gasteiger partial charge < -0.3 is 5.32 Å². The molecule has 3 rings (SSSR count). The Hall–Kier alpha value is -3.01. The zero-order chi connectivity index (χ0) is 20.3. The Bertz CT molecular complexity index is 1080. The van der Waals surface area contributed by atoms with Crippen LogP contribution in [0, 0.1) is 11.6 Å². The van der Waals surface area contributed by atoms with Crippen molar-refractivity contribution in [3.63, 3.8) is 0 Å². The smallest absolute Gasteiger partial charge is 0.263 e. The molecule has 2 heterocycles. The average molecular weight is 407 g/mol. The number of hydrogen-bond acceptors (Lipinski definition) is 5. The summed E-state index contributed by atoms with van der Waals surface area (Å²) in [5.74, 6) is -1.70. The van der Waals surface area contributed by atoms with Gasteiger partial charge in [0.1, 0.15) is 10.7 Å². The first kappa shape index (κ1) is 19.7. The van der Waals surface area contributed by atoms with E-state index in [1.54, 1.807) is 4.68 Å². The number of pyridine rings is 1. The molecule has 0 fully saturated rings. The molecular weight excluding hydrogens is 388 g/mol. The lowest BCUT2D eigenvalue weighted by molar-refractivity contribution is 0.509. The summed E-state index contributed by atoms with van der Waals surface area (Å²) in [5, 5.41) is 7.48. The maximum atomic E-state index is 13.3. The van der Waals surface area contributed by atoms with Gasteiger partial charge in [0.15, 0.2) is 11.6 Å². The number of sulfonamides is 1. The Morgan fingerprint density at radius 1 is 1.14 bits per heavy atom. The topological polar surface area (TPSA) is 88.9 Å². The number of benzene rings is 1. The number of nitrogens with one attached hydrogen (secondary N) is 2. The van der Waals surface area contributed by atoms with Gasteiger partial charge in [0, 0.05) is 37.6 Å². The van der Waals surface area contributed by atoms with Crippen LogP contribution < -0.4 is 10.0 Å². The van der Waals surface area contributed by atoms with Gasteiger partial charge in [-0.05, 0) is 30.7 Å². The first-order valence-electron chi connectivity index (χ1n) is 8.47. The molecule has 10 heteroatoms. The van der Waals surface area contributed by atoms with Gasteiger partial charge in [-0.3, -0.25) is 9.40 Å². The molecule has 7 nitrogen and oxygen atoms in total. The summed E-state index contributed by atoms with van der Waals surface area (Å²) in [6, 6.07) is 5.67. The molecule has 0 aliphatic carbocycles. The van der Waals surface area contributed by atoms with Crippen LogP contribution in [0.2, 0.25) is 0 Å². The Morgan fingerprint density at radius 2 is 1.93 bits per heavy atom. The lowest BCUT2D eigenvalue weighted by atomic mass is 10.2. The molecule has 0 aliphatic rings. The van der Waals surface area contributed by atoms with Crippen LogP contribution >= 0.6 is 0 Å². The van der Waals surface area contributed by atoms with Gasteiger partial charge in [0.05, 0.1) is 11.4 Å². The fourth-order valence-electron chi connectivity index (χ4n) is 2.63. The van der Waals surface area contributed by atoms with Gasteiger partial charge in [-0.15, -0.1) is 0 Å². The summed E-state index contributed by atoms with van der Waals surface area (Å²) >= 11 is 0. The first-order valence-corrected chi connectivity index (χ1v) is 9.96. The Labute approximate surface area is 161 Å². The second-order valence-corrected chi connectivity index (χ2v) is 7.78. The minimum absolute atomic E-state index is 0.0789. The lowest BCUT2D eigenvalue weighted by Gasteiger charge is -2.09. The van der Waals surface area contributed by atoms with Crippen LogP contribution in [0.15, 0.2) is 47.6 Å². The van der Waals surface area contributed by atoms with E-state index in [1.807, 2.05) is 20.2 Å². The number of halogens is 2. The van der Waals surface area contributed by atoms with E-state index in [4.69, 9.17) is 0 Å². The number of rotatable bonds is 7. The molecule has 0 amide bonds.